The fraction of sp³-hybridized carbons (Fsp3) is 0.632. The van der Waals surface area contributed by atoms with E-state index in [0.29, 0.717) is 24.4 Å². The summed E-state index contributed by atoms with van der Waals surface area (Å²) in [4.78, 5) is 14.5. The Morgan fingerprint density at radius 2 is 1.75 bits per heavy atom. The number of hydrogen-bond donors (Lipinski definition) is 0. The van der Waals surface area contributed by atoms with Crippen molar-refractivity contribution in [2.24, 2.45) is 0 Å². The molecule has 3 rings (SSSR count). The lowest BCUT2D eigenvalue weighted by molar-refractivity contribution is 0.0708. The van der Waals surface area contributed by atoms with E-state index >= 15 is 0 Å². The van der Waals surface area contributed by atoms with Gasteiger partial charge in [0.25, 0.3) is 5.91 Å². The Labute approximate surface area is 145 Å². The Morgan fingerprint density at radius 1 is 1.08 bits per heavy atom. The molecule has 0 spiro atoms. The van der Waals surface area contributed by atoms with Gasteiger partial charge in [-0.3, -0.25) is 4.79 Å². The molecule has 0 aromatic heterocycles. The Kier molecular flexibility index (Phi) is 5.28. The molecular formula is C19H27NO3S. The zero-order valence-electron chi connectivity index (χ0n) is 14.4. The van der Waals surface area contributed by atoms with Crippen LogP contribution in [0.3, 0.4) is 0 Å². The number of rotatable bonds is 4. The van der Waals surface area contributed by atoms with Gasteiger partial charge in [0.2, 0.25) is 0 Å². The van der Waals surface area contributed by atoms with E-state index < -0.39 is 9.84 Å². The summed E-state index contributed by atoms with van der Waals surface area (Å²) in [5, 5.41) is 0. The lowest BCUT2D eigenvalue weighted by atomic mass is 9.84. The van der Waals surface area contributed by atoms with Crippen molar-refractivity contribution < 1.29 is 13.2 Å². The van der Waals surface area contributed by atoms with E-state index in [-0.39, 0.29) is 23.5 Å². The standard InChI is InChI=1S/C19H27NO3S/c1-2-20(18-12-13-24(22,23)14-18)19(21)17-10-8-16(9-11-17)15-6-4-3-5-7-15/h8-11,15,18H,2-7,12-14H2,1H3. The maximum Gasteiger partial charge on any atom is 0.254 e. The predicted molar refractivity (Wildman–Crippen MR) is 96.0 cm³/mol. The Morgan fingerprint density at radius 3 is 2.29 bits per heavy atom. The van der Waals surface area contributed by atoms with Gasteiger partial charge in [-0.1, -0.05) is 31.4 Å². The van der Waals surface area contributed by atoms with Gasteiger partial charge in [0, 0.05) is 18.2 Å². The highest BCUT2D eigenvalue weighted by atomic mass is 32.2. The van der Waals surface area contributed by atoms with Crippen molar-refractivity contribution >= 4 is 15.7 Å². The second kappa shape index (κ2) is 7.26. The molecule has 2 aliphatic rings. The average molecular weight is 349 g/mol. The topological polar surface area (TPSA) is 54.5 Å². The molecular weight excluding hydrogens is 322 g/mol. The molecule has 2 fully saturated rings. The molecule has 1 atom stereocenters. The fourth-order valence-electron chi connectivity index (χ4n) is 4.09. The molecule has 0 bridgehead atoms. The molecule has 1 aromatic rings. The average Bonchev–Trinajstić information content (AvgIpc) is 2.96. The minimum absolute atomic E-state index is 0.0465. The first-order chi connectivity index (χ1) is 11.5. The summed E-state index contributed by atoms with van der Waals surface area (Å²) in [6.07, 6.45) is 6.98. The molecule has 1 aliphatic carbocycles. The molecule has 1 heterocycles. The lowest BCUT2D eigenvalue weighted by Gasteiger charge is -2.27. The van der Waals surface area contributed by atoms with Crippen molar-refractivity contribution in [1.82, 2.24) is 4.90 Å². The molecule has 1 unspecified atom stereocenters. The van der Waals surface area contributed by atoms with Crippen LogP contribution in [-0.2, 0) is 9.84 Å². The van der Waals surface area contributed by atoms with Gasteiger partial charge in [0.15, 0.2) is 9.84 Å². The molecule has 132 valence electrons. The van der Waals surface area contributed by atoms with Crippen LogP contribution in [0.4, 0.5) is 0 Å². The van der Waals surface area contributed by atoms with Crippen molar-refractivity contribution in [3.8, 4) is 0 Å². The largest absolute Gasteiger partial charge is 0.335 e. The van der Waals surface area contributed by atoms with Crippen molar-refractivity contribution in [2.75, 3.05) is 18.1 Å². The molecule has 1 aromatic carbocycles. The molecule has 4 nitrogen and oxygen atoms in total. The van der Waals surface area contributed by atoms with E-state index in [1.165, 1.54) is 37.7 Å². The van der Waals surface area contributed by atoms with Crippen LogP contribution in [0.15, 0.2) is 24.3 Å². The highest BCUT2D eigenvalue weighted by molar-refractivity contribution is 7.91. The number of carbonyl (C=O) groups excluding carboxylic acids is 1. The Hall–Kier alpha value is -1.36. The van der Waals surface area contributed by atoms with Crippen LogP contribution in [-0.4, -0.2) is 43.3 Å². The first kappa shape index (κ1) is 17.5. The van der Waals surface area contributed by atoms with Gasteiger partial charge in [-0.25, -0.2) is 8.42 Å². The summed E-state index contributed by atoms with van der Waals surface area (Å²) in [6.45, 7) is 2.46. The Bertz CT molecular complexity index is 675. The van der Waals surface area contributed by atoms with Crippen molar-refractivity contribution in [3.05, 3.63) is 35.4 Å². The molecule has 1 saturated carbocycles. The quantitative estimate of drug-likeness (QED) is 0.837. The molecule has 1 saturated heterocycles. The van der Waals surface area contributed by atoms with E-state index in [1.54, 1.807) is 4.90 Å². The van der Waals surface area contributed by atoms with Crippen molar-refractivity contribution in [2.45, 2.75) is 57.4 Å². The molecule has 1 amide bonds. The van der Waals surface area contributed by atoms with E-state index in [0.717, 1.165) is 0 Å². The van der Waals surface area contributed by atoms with E-state index in [1.807, 2.05) is 19.1 Å². The van der Waals surface area contributed by atoms with Gasteiger partial charge in [0.1, 0.15) is 0 Å². The second-order valence-corrected chi connectivity index (χ2v) is 9.33. The van der Waals surface area contributed by atoms with Crippen LogP contribution >= 0.6 is 0 Å². The highest BCUT2D eigenvalue weighted by Crippen LogP contribution is 2.32. The maximum absolute atomic E-state index is 12.8. The summed E-state index contributed by atoms with van der Waals surface area (Å²) >= 11 is 0. The molecule has 0 N–H and O–H groups in total. The Balaban J connectivity index is 1.71. The highest BCUT2D eigenvalue weighted by Gasteiger charge is 2.34. The maximum atomic E-state index is 12.8. The van der Waals surface area contributed by atoms with Gasteiger partial charge in [-0.15, -0.1) is 0 Å². The number of hydrogen-bond acceptors (Lipinski definition) is 3. The normalized spacial score (nSPS) is 24.0. The molecule has 1 aliphatic heterocycles. The van der Waals surface area contributed by atoms with E-state index in [2.05, 4.69) is 12.1 Å². The molecule has 24 heavy (non-hydrogen) atoms. The van der Waals surface area contributed by atoms with Crippen LogP contribution in [0.1, 0.15) is 67.3 Å². The third-order valence-corrected chi connectivity index (χ3v) is 7.24. The summed E-state index contributed by atoms with van der Waals surface area (Å²) in [7, 11) is -2.98. The van der Waals surface area contributed by atoms with Crippen LogP contribution in [0.2, 0.25) is 0 Å². The number of amides is 1. The smallest absolute Gasteiger partial charge is 0.254 e. The van der Waals surface area contributed by atoms with Crippen molar-refractivity contribution in [3.63, 3.8) is 0 Å². The number of nitrogens with zero attached hydrogens (tertiary/aromatic N) is 1. The minimum atomic E-state index is -2.98. The third kappa shape index (κ3) is 3.82. The van der Waals surface area contributed by atoms with Gasteiger partial charge in [-0.2, -0.15) is 0 Å². The lowest BCUT2D eigenvalue weighted by Crippen LogP contribution is -2.40. The van der Waals surface area contributed by atoms with Gasteiger partial charge in [0.05, 0.1) is 11.5 Å². The predicted octanol–water partition coefficient (Wildman–Crippen LogP) is 3.38. The monoisotopic (exact) mass is 349 g/mol. The van der Waals surface area contributed by atoms with Crippen molar-refractivity contribution in [1.29, 1.82) is 0 Å². The van der Waals surface area contributed by atoms with E-state index in [9.17, 15) is 13.2 Å². The number of sulfone groups is 1. The first-order valence-electron chi connectivity index (χ1n) is 9.11. The third-order valence-electron chi connectivity index (χ3n) is 5.48. The zero-order chi connectivity index (χ0) is 17.2. The molecule has 5 heteroatoms. The van der Waals surface area contributed by atoms with Crippen LogP contribution in [0.25, 0.3) is 0 Å². The van der Waals surface area contributed by atoms with Gasteiger partial charge >= 0.3 is 0 Å². The summed E-state index contributed by atoms with van der Waals surface area (Å²) in [5.41, 5.74) is 2.00. The van der Waals surface area contributed by atoms with Crippen LogP contribution in [0.5, 0.6) is 0 Å². The SMILES string of the molecule is CCN(C(=O)c1ccc(C2CCCCC2)cc1)C1CCS(=O)(=O)C1. The summed E-state index contributed by atoms with van der Waals surface area (Å²) < 4.78 is 23.4. The van der Waals surface area contributed by atoms with Gasteiger partial charge in [-0.05, 0) is 49.8 Å². The number of carbonyl (C=O) groups is 1. The molecule has 0 radical (unpaired) electrons. The van der Waals surface area contributed by atoms with Crippen LogP contribution in [0, 0.1) is 0 Å². The summed E-state index contributed by atoms with van der Waals surface area (Å²) in [5.74, 6) is 0.884. The fourth-order valence-corrected chi connectivity index (χ4v) is 5.82. The van der Waals surface area contributed by atoms with Crippen LogP contribution < -0.4 is 0 Å². The zero-order valence-corrected chi connectivity index (χ0v) is 15.2. The first-order valence-corrected chi connectivity index (χ1v) is 10.9. The minimum Gasteiger partial charge on any atom is -0.335 e. The van der Waals surface area contributed by atoms with E-state index in [4.69, 9.17) is 0 Å². The summed E-state index contributed by atoms with van der Waals surface area (Å²) in [6, 6.07) is 7.83. The second-order valence-electron chi connectivity index (χ2n) is 7.10. The van der Waals surface area contributed by atoms with Gasteiger partial charge < -0.3 is 4.90 Å². The number of benzene rings is 1.